The summed E-state index contributed by atoms with van der Waals surface area (Å²) in [4.78, 5) is 27.7. The number of aliphatic hydroxyl groups is 1. The first-order valence-electron chi connectivity index (χ1n) is 9.49. The van der Waals surface area contributed by atoms with Gasteiger partial charge in [0.05, 0.1) is 24.8 Å². The fourth-order valence-corrected chi connectivity index (χ4v) is 3.72. The Labute approximate surface area is 178 Å². The largest absolute Gasteiger partial charge is 0.394 e. The van der Waals surface area contributed by atoms with Crippen molar-refractivity contribution in [3.05, 3.63) is 92.6 Å². The number of hydrogen-bond acceptors (Lipinski definition) is 6. The summed E-state index contributed by atoms with van der Waals surface area (Å²) in [5.74, 6) is 0. The van der Waals surface area contributed by atoms with Gasteiger partial charge in [-0.25, -0.2) is 4.79 Å². The first-order valence-corrected chi connectivity index (χ1v) is 10.3. The molecule has 2 N–H and O–H groups in total. The predicted molar refractivity (Wildman–Crippen MR) is 115 cm³/mol. The highest BCUT2D eigenvalue weighted by atomic mass is 32.2. The number of hydrogen-bond donors (Lipinski definition) is 2. The van der Waals surface area contributed by atoms with Crippen LogP contribution in [0.5, 0.6) is 0 Å². The summed E-state index contributed by atoms with van der Waals surface area (Å²) in [7, 11) is 0. The second-order valence-corrected chi connectivity index (χ2v) is 7.70. The molecule has 0 radical (unpaired) electrons. The molecular formula is C22H24N2O5S. The van der Waals surface area contributed by atoms with Crippen LogP contribution >= 0.6 is 11.8 Å². The topological polar surface area (TPSA) is 93.6 Å². The number of ether oxygens (including phenoxy) is 2. The summed E-state index contributed by atoms with van der Waals surface area (Å²) >= 11 is 1.31. The highest BCUT2D eigenvalue weighted by Gasteiger charge is 2.16. The fraction of sp³-hybridized carbons (Fsp3) is 0.273. The van der Waals surface area contributed by atoms with Crippen molar-refractivity contribution in [1.82, 2.24) is 9.55 Å². The number of benzene rings is 2. The number of aromatic amines is 1. The first kappa shape index (κ1) is 22.0. The summed E-state index contributed by atoms with van der Waals surface area (Å²) in [6.45, 7) is 1.85. The Balaban J connectivity index is 1.69. The Hall–Kier alpha value is -2.65. The Bertz CT molecular complexity index is 1050. The van der Waals surface area contributed by atoms with Gasteiger partial charge in [0.1, 0.15) is 12.8 Å². The van der Waals surface area contributed by atoms with Crippen LogP contribution in [-0.4, -0.2) is 34.0 Å². The summed E-state index contributed by atoms with van der Waals surface area (Å²) in [5, 5.41) is 10.1. The Morgan fingerprint density at radius 2 is 1.73 bits per heavy atom. The van der Waals surface area contributed by atoms with Crippen LogP contribution in [0, 0.1) is 6.92 Å². The van der Waals surface area contributed by atoms with Gasteiger partial charge in [-0.3, -0.25) is 14.3 Å². The van der Waals surface area contributed by atoms with Crippen LogP contribution in [0.15, 0.2) is 80.2 Å². The van der Waals surface area contributed by atoms with Crippen LogP contribution in [0.4, 0.5) is 0 Å². The van der Waals surface area contributed by atoms with Gasteiger partial charge in [0.2, 0.25) is 0 Å². The quantitative estimate of drug-likeness (QED) is 0.482. The van der Waals surface area contributed by atoms with Crippen LogP contribution in [0.2, 0.25) is 0 Å². The van der Waals surface area contributed by atoms with Gasteiger partial charge in [-0.05, 0) is 24.6 Å². The van der Waals surface area contributed by atoms with E-state index in [-0.39, 0.29) is 19.9 Å². The van der Waals surface area contributed by atoms with Crippen LogP contribution < -0.4 is 11.2 Å². The van der Waals surface area contributed by atoms with Crippen molar-refractivity contribution < 1.29 is 14.6 Å². The van der Waals surface area contributed by atoms with E-state index in [2.05, 4.69) is 4.98 Å². The summed E-state index contributed by atoms with van der Waals surface area (Å²) in [5.41, 5.74) is 0.446. The van der Waals surface area contributed by atoms with E-state index in [1.54, 1.807) is 6.92 Å². The molecule has 0 saturated carbocycles. The number of H-pyrrole nitrogens is 1. The molecule has 0 fully saturated rings. The average molecular weight is 429 g/mol. The number of aromatic nitrogens is 2. The molecule has 1 unspecified atom stereocenters. The molecule has 30 heavy (non-hydrogen) atoms. The van der Waals surface area contributed by atoms with Gasteiger partial charge in [0.15, 0.2) is 0 Å². The molecule has 0 amide bonds. The van der Waals surface area contributed by atoms with Gasteiger partial charge in [-0.2, -0.15) is 0 Å². The van der Waals surface area contributed by atoms with Crippen molar-refractivity contribution in [2.45, 2.75) is 36.3 Å². The molecule has 0 aliphatic rings. The summed E-state index contributed by atoms with van der Waals surface area (Å²) in [6.07, 6.45) is -0.609. The number of rotatable bonds is 10. The van der Waals surface area contributed by atoms with Gasteiger partial charge in [0.25, 0.3) is 5.56 Å². The van der Waals surface area contributed by atoms with E-state index in [0.29, 0.717) is 17.2 Å². The molecule has 158 valence electrons. The standard InChI is InChI=1S/C22H24N2O5S/c1-16-20(26)23-22(27)24(21(16)30-19-10-6-3-7-11-19)15-29-18(12-25)14-28-13-17-8-4-2-5-9-17/h2-11,18,25H,12-15H2,1H3,(H,23,26,27). The number of aliphatic hydroxyl groups excluding tert-OH is 1. The molecule has 3 rings (SSSR count). The molecule has 0 bridgehead atoms. The number of nitrogens with one attached hydrogen (secondary N) is 1. The highest BCUT2D eigenvalue weighted by Crippen LogP contribution is 2.27. The van der Waals surface area contributed by atoms with Gasteiger partial charge in [-0.1, -0.05) is 60.3 Å². The average Bonchev–Trinajstić information content (AvgIpc) is 2.77. The fourth-order valence-electron chi connectivity index (χ4n) is 2.72. The van der Waals surface area contributed by atoms with Crippen LogP contribution in [0.3, 0.4) is 0 Å². The minimum absolute atomic E-state index is 0.120. The smallest absolute Gasteiger partial charge is 0.331 e. The maximum atomic E-state index is 12.4. The van der Waals surface area contributed by atoms with Crippen molar-refractivity contribution in [1.29, 1.82) is 0 Å². The van der Waals surface area contributed by atoms with Crippen molar-refractivity contribution in [2.24, 2.45) is 0 Å². The van der Waals surface area contributed by atoms with Crippen molar-refractivity contribution in [3.63, 3.8) is 0 Å². The summed E-state index contributed by atoms with van der Waals surface area (Å²) < 4.78 is 12.7. The lowest BCUT2D eigenvalue weighted by Gasteiger charge is -2.19. The maximum absolute atomic E-state index is 12.4. The lowest BCUT2D eigenvalue weighted by atomic mass is 10.2. The predicted octanol–water partition coefficient (Wildman–Crippen LogP) is 2.55. The van der Waals surface area contributed by atoms with Gasteiger partial charge < -0.3 is 14.6 Å². The lowest BCUT2D eigenvalue weighted by Crippen LogP contribution is -2.35. The molecular weight excluding hydrogens is 404 g/mol. The lowest BCUT2D eigenvalue weighted by molar-refractivity contribution is -0.0737. The zero-order valence-corrected chi connectivity index (χ0v) is 17.4. The normalized spacial score (nSPS) is 12.1. The minimum Gasteiger partial charge on any atom is -0.394 e. The first-order chi connectivity index (χ1) is 14.6. The highest BCUT2D eigenvalue weighted by molar-refractivity contribution is 7.99. The molecule has 1 atom stereocenters. The van der Waals surface area contributed by atoms with Crippen molar-refractivity contribution in [2.75, 3.05) is 13.2 Å². The van der Waals surface area contributed by atoms with Gasteiger partial charge in [-0.15, -0.1) is 0 Å². The monoisotopic (exact) mass is 428 g/mol. The molecule has 8 heteroatoms. The third-order valence-electron chi connectivity index (χ3n) is 4.39. The second kappa shape index (κ2) is 10.9. The van der Waals surface area contributed by atoms with E-state index >= 15 is 0 Å². The van der Waals surface area contributed by atoms with Crippen molar-refractivity contribution in [3.8, 4) is 0 Å². The third-order valence-corrected chi connectivity index (χ3v) is 5.62. The second-order valence-electron chi connectivity index (χ2n) is 6.63. The van der Waals surface area contributed by atoms with E-state index in [1.165, 1.54) is 16.3 Å². The van der Waals surface area contributed by atoms with Crippen LogP contribution in [0.1, 0.15) is 11.1 Å². The molecule has 7 nitrogen and oxygen atoms in total. The van der Waals surface area contributed by atoms with Crippen molar-refractivity contribution >= 4 is 11.8 Å². The van der Waals surface area contributed by atoms with E-state index < -0.39 is 17.4 Å². The zero-order valence-electron chi connectivity index (χ0n) is 16.6. The van der Waals surface area contributed by atoms with E-state index in [9.17, 15) is 14.7 Å². The molecule has 1 heterocycles. The van der Waals surface area contributed by atoms with Crippen LogP contribution in [0.25, 0.3) is 0 Å². The SMILES string of the molecule is Cc1c(Sc2ccccc2)n(COC(CO)COCc2ccccc2)c(=O)[nH]c1=O. The molecule has 2 aromatic carbocycles. The molecule has 0 saturated heterocycles. The molecule has 3 aromatic rings. The van der Waals surface area contributed by atoms with E-state index in [4.69, 9.17) is 9.47 Å². The molecule has 0 aliphatic heterocycles. The number of nitrogens with zero attached hydrogens (tertiary/aromatic N) is 1. The minimum atomic E-state index is -0.609. The molecule has 0 aliphatic carbocycles. The molecule has 0 spiro atoms. The Morgan fingerprint density at radius 3 is 2.40 bits per heavy atom. The van der Waals surface area contributed by atoms with E-state index in [1.807, 2.05) is 60.7 Å². The Kier molecular flexibility index (Phi) is 8.04. The Morgan fingerprint density at radius 1 is 1.07 bits per heavy atom. The molecule has 1 aromatic heterocycles. The summed E-state index contributed by atoms with van der Waals surface area (Å²) in [6, 6.07) is 19.1. The van der Waals surface area contributed by atoms with E-state index in [0.717, 1.165) is 10.5 Å². The maximum Gasteiger partial charge on any atom is 0.331 e. The zero-order chi connectivity index (χ0) is 21.3. The third kappa shape index (κ3) is 5.93. The van der Waals surface area contributed by atoms with Gasteiger partial charge >= 0.3 is 5.69 Å². The van der Waals surface area contributed by atoms with Crippen LogP contribution in [-0.2, 0) is 22.8 Å². The van der Waals surface area contributed by atoms with Gasteiger partial charge in [0, 0.05) is 10.5 Å².